The van der Waals surface area contributed by atoms with Crippen molar-refractivity contribution < 1.29 is 23.8 Å². The van der Waals surface area contributed by atoms with E-state index in [1.807, 2.05) is 24.3 Å². The molecule has 0 saturated heterocycles. The van der Waals surface area contributed by atoms with E-state index in [1.165, 1.54) is 0 Å². The molecule has 0 amide bonds. The second-order valence-corrected chi connectivity index (χ2v) is 12.5. The Kier molecular flexibility index (Phi) is 15.0. The van der Waals surface area contributed by atoms with Crippen LogP contribution in [-0.2, 0) is 9.47 Å². The quantitative estimate of drug-likeness (QED) is 0.0871. The highest BCUT2D eigenvalue weighted by Gasteiger charge is 2.15. The summed E-state index contributed by atoms with van der Waals surface area (Å²) >= 11 is 0. The molecule has 0 saturated carbocycles. The van der Waals surface area contributed by atoms with Gasteiger partial charge in [-0.05, 0) is 97.5 Å². The molecule has 4 aromatic rings. The molecule has 1 heterocycles. The molecule has 0 spiro atoms. The summed E-state index contributed by atoms with van der Waals surface area (Å²) in [5, 5.41) is 6.47. The molecule has 4 rings (SSSR count). The van der Waals surface area contributed by atoms with Crippen LogP contribution < -0.4 is 15.4 Å². The van der Waals surface area contributed by atoms with Gasteiger partial charge in [-0.3, -0.25) is 0 Å². The van der Waals surface area contributed by atoms with Crippen LogP contribution in [0.15, 0.2) is 72.8 Å². The highest BCUT2D eigenvalue weighted by molar-refractivity contribution is 5.90. The molecule has 0 aliphatic carbocycles. The Morgan fingerprint density at radius 1 is 0.620 bits per heavy atom. The van der Waals surface area contributed by atoms with E-state index in [0.29, 0.717) is 71.0 Å². The van der Waals surface area contributed by atoms with Crippen LogP contribution in [0.4, 0.5) is 23.3 Å². The summed E-state index contributed by atoms with van der Waals surface area (Å²) in [7, 11) is 1.61. The molecule has 2 unspecified atom stereocenters. The minimum Gasteiger partial charge on any atom is -0.497 e. The number of anilines is 4. The minimum atomic E-state index is -0.337. The lowest BCUT2D eigenvalue weighted by molar-refractivity contribution is 0.0419. The smallest absolute Gasteiger partial charge is 0.338 e. The largest absolute Gasteiger partial charge is 0.497 e. The number of carbonyl (C=O) groups excluding carboxylic acids is 2. The first-order valence-electron chi connectivity index (χ1n) is 17.8. The van der Waals surface area contributed by atoms with Gasteiger partial charge in [-0.15, -0.1) is 0 Å². The number of hydrogen-bond acceptors (Lipinski definition) is 10. The molecule has 0 bridgehead atoms. The number of nitrogens with one attached hydrogen (secondary N) is 2. The van der Waals surface area contributed by atoms with Gasteiger partial charge >= 0.3 is 11.9 Å². The molecule has 266 valence electrons. The molecule has 0 aliphatic rings. The number of hydrogen-bond donors (Lipinski definition) is 2. The van der Waals surface area contributed by atoms with E-state index in [4.69, 9.17) is 14.2 Å². The van der Waals surface area contributed by atoms with Crippen molar-refractivity contribution in [1.29, 1.82) is 0 Å². The van der Waals surface area contributed by atoms with Crippen LogP contribution in [0.3, 0.4) is 0 Å². The molecule has 3 aromatic carbocycles. The number of esters is 2. The zero-order valence-electron chi connectivity index (χ0n) is 30.0. The maximum atomic E-state index is 12.7. The molecule has 0 aliphatic heterocycles. The molecule has 50 heavy (non-hydrogen) atoms. The average molecular weight is 682 g/mol. The topological polar surface area (TPSA) is 125 Å². The predicted molar refractivity (Wildman–Crippen MR) is 198 cm³/mol. The number of carbonyl (C=O) groups is 2. The Hall–Kier alpha value is -4.99. The Bertz CT molecular complexity index is 1530. The SMILES string of the molecule is CCCCC(CC)COC(=O)c1ccc(Nc2nc(Nc3ccc(C(=O)OCC(CC)CCCC)cc3)nc(-c3ccc(OC)cc3)n2)cc1. The van der Waals surface area contributed by atoms with Crippen LogP contribution in [0.25, 0.3) is 11.4 Å². The van der Waals surface area contributed by atoms with Crippen LogP contribution in [0, 0.1) is 11.8 Å². The first kappa shape index (κ1) is 37.8. The number of benzene rings is 3. The second-order valence-electron chi connectivity index (χ2n) is 12.5. The van der Waals surface area contributed by atoms with Gasteiger partial charge in [0.25, 0.3) is 0 Å². The summed E-state index contributed by atoms with van der Waals surface area (Å²) in [5.41, 5.74) is 3.11. The molecule has 10 heteroatoms. The number of rotatable bonds is 20. The van der Waals surface area contributed by atoms with E-state index in [2.05, 4.69) is 53.3 Å². The summed E-state index contributed by atoms with van der Waals surface area (Å²) in [5.74, 6) is 1.84. The zero-order chi connectivity index (χ0) is 35.7. The summed E-state index contributed by atoms with van der Waals surface area (Å²) in [6.07, 6.45) is 8.60. The normalized spacial score (nSPS) is 12.1. The van der Waals surface area contributed by atoms with E-state index in [1.54, 1.807) is 55.6 Å². The summed E-state index contributed by atoms with van der Waals surface area (Å²) in [6.45, 7) is 9.44. The maximum Gasteiger partial charge on any atom is 0.338 e. The predicted octanol–water partition coefficient (Wildman–Crippen LogP) is 9.78. The van der Waals surface area contributed by atoms with Crippen molar-refractivity contribution in [1.82, 2.24) is 15.0 Å². The Morgan fingerprint density at radius 3 is 1.44 bits per heavy atom. The third-order valence-corrected chi connectivity index (χ3v) is 8.72. The van der Waals surface area contributed by atoms with Crippen LogP contribution in [-0.4, -0.2) is 47.2 Å². The molecule has 1 aromatic heterocycles. The summed E-state index contributed by atoms with van der Waals surface area (Å²) in [4.78, 5) is 39.4. The molecular weight excluding hydrogens is 630 g/mol. The Balaban J connectivity index is 1.47. The molecule has 0 fully saturated rings. The van der Waals surface area contributed by atoms with E-state index in [0.717, 1.165) is 56.9 Å². The standard InChI is InChI=1S/C40H51N5O5/c1-6-10-12-28(8-3)26-49-37(46)31-14-20-33(21-15-31)41-39-43-36(30-18-24-35(48-5)25-19-30)44-40(45-39)42-34-22-16-32(17-23-34)38(47)50-27-29(9-4)13-11-7-2/h14-25,28-29H,6-13,26-27H2,1-5H3,(H2,41,42,43,44,45). The number of methoxy groups -OCH3 is 1. The van der Waals surface area contributed by atoms with Gasteiger partial charge in [0.1, 0.15) is 5.75 Å². The van der Waals surface area contributed by atoms with E-state index >= 15 is 0 Å². The van der Waals surface area contributed by atoms with Gasteiger partial charge in [0, 0.05) is 16.9 Å². The fourth-order valence-corrected chi connectivity index (χ4v) is 5.34. The first-order valence-corrected chi connectivity index (χ1v) is 17.8. The maximum absolute atomic E-state index is 12.7. The average Bonchev–Trinajstić information content (AvgIpc) is 3.15. The van der Waals surface area contributed by atoms with E-state index < -0.39 is 0 Å². The van der Waals surface area contributed by atoms with E-state index in [9.17, 15) is 9.59 Å². The number of nitrogens with zero attached hydrogens (tertiary/aromatic N) is 3. The lowest BCUT2D eigenvalue weighted by Crippen LogP contribution is -2.14. The van der Waals surface area contributed by atoms with Crippen molar-refractivity contribution in [2.45, 2.75) is 79.1 Å². The molecule has 0 radical (unpaired) electrons. The lowest BCUT2D eigenvalue weighted by Gasteiger charge is -2.15. The summed E-state index contributed by atoms with van der Waals surface area (Å²) < 4.78 is 16.5. The third-order valence-electron chi connectivity index (χ3n) is 8.72. The molecule has 10 nitrogen and oxygen atoms in total. The molecule has 2 atom stereocenters. The highest BCUT2D eigenvalue weighted by atomic mass is 16.5. The van der Waals surface area contributed by atoms with Crippen molar-refractivity contribution in [2.75, 3.05) is 31.0 Å². The van der Waals surface area contributed by atoms with Gasteiger partial charge in [-0.1, -0.05) is 66.2 Å². The van der Waals surface area contributed by atoms with Gasteiger partial charge in [0.15, 0.2) is 5.82 Å². The summed E-state index contributed by atoms with van der Waals surface area (Å²) in [6, 6.07) is 21.5. The van der Waals surface area contributed by atoms with Crippen LogP contribution >= 0.6 is 0 Å². The van der Waals surface area contributed by atoms with Gasteiger partial charge in [-0.25, -0.2) is 9.59 Å². The highest BCUT2D eigenvalue weighted by Crippen LogP contribution is 2.25. The van der Waals surface area contributed by atoms with Crippen LogP contribution in [0.5, 0.6) is 5.75 Å². The number of aromatic nitrogens is 3. The number of ether oxygens (including phenoxy) is 3. The van der Waals surface area contributed by atoms with Crippen molar-refractivity contribution in [3.05, 3.63) is 83.9 Å². The van der Waals surface area contributed by atoms with Gasteiger partial charge in [-0.2, -0.15) is 15.0 Å². The lowest BCUT2D eigenvalue weighted by atomic mass is 10.0. The third kappa shape index (κ3) is 11.6. The van der Waals surface area contributed by atoms with Crippen molar-refractivity contribution in [2.24, 2.45) is 11.8 Å². The number of unbranched alkanes of at least 4 members (excludes halogenated alkanes) is 2. The van der Waals surface area contributed by atoms with Crippen molar-refractivity contribution >= 4 is 35.2 Å². The van der Waals surface area contributed by atoms with Crippen LogP contribution in [0.1, 0.15) is 99.8 Å². The van der Waals surface area contributed by atoms with Gasteiger partial charge < -0.3 is 24.8 Å². The Labute approximate surface area is 296 Å². The van der Waals surface area contributed by atoms with Crippen molar-refractivity contribution in [3.63, 3.8) is 0 Å². The van der Waals surface area contributed by atoms with Gasteiger partial charge in [0.05, 0.1) is 31.5 Å². The van der Waals surface area contributed by atoms with Gasteiger partial charge in [0.2, 0.25) is 11.9 Å². The second kappa shape index (κ2) is 19.9. The Morgan fingerprint density at radius 2 is 1.06 bits per heavy atom. The fourth-order valence-electron chi connectivity index (χ4n) is 5.34. The zero-order valence-corrected chi connectivity index (χ0v) is 30.0. The minimum absolute atomic E-state index is 0.305. The fraction of sp³-hybridized carbons (Fsp3) is 0.425. The molecular formula is C40H51N5O5. The monoisotopic (exact) mass is 681 g/mol. The molecule has 2 N–H and O–H groups in total. The van der Waals surface area contributed by atoms with Crippen LogP contribution in [0.2, 0.25) is 0 Å². The first-order chi connectivity index (χ1) is 24.3. The van der Waals surface area contributed by atoms with E-state index in [-0.39, 0.29) is 11.9 Å². The van der Waals surface area contributed by atoms with Crippen molar-refractivity contribution in [3.8, 4) is 17.1 Å².